The SMILES string of the molecule is FS/C=C\CCSI. The number of hydrogen-bond acceptors (Lipinski definition) is 2. The van der Waals surface area contributed by atoms with Gasteiger partial charge in [0.25, 0.3) is 0 Å². The summed E-state index contributed by atoms with van der Waals surface area (Å²) in [6.07, 6.45) is 2.79. The Morgan fingerprint density at radius 1 is 1.62 bits per heavy atom. The van der Waals surface area contributed by atoms with Crippen LogP contribution in [-0.4, -0.2) is 5.75 Å². The first-order valence-electron chi connectivity index (χ1n) is 2.07. The summed E-state index contributed by atoms with van der Waals surface area (Å²) in [5.41, 5.74) is 0. The molecule has 0 rings (SSSR count). The van der Waals surface area contributed by atoms with E-state index in [-0.39, 0.29) is 12.1 Å². The van der Waals surface area contributed by atoms with Gasteiger partial charge in [0.15, 0.2) is 0 Å². The van der Waals surface area contributed by atoms with Crippen molar-refractivity contribution in [2.45, 2.75) is 6.42 Å². The van der Waals surface area contributed by atoms with Crippen molar-refractivity contribution in [3.05, 3.63) is 11.5 Å². The van der Waals surface area contributed by atoms with Gasteiger partial charge in [0, 0.05) is 11.2 Å². The minimum atomic E-state index is 0.260. The second kappa shape index (κ2) is 8.10. The van der Waals surface area contributed by atoms with E-state index in [0.29, 0.717) is 0 Å². The van der Waals surface area contributed by atoms with Crippen molar-refractivity contribution in [2.75, 3.05) is 5.75 Å². The lowest BCUT2D eigenvalue weighted by Crippen LogP contribution is -1.65. The predicted molar refractivity (Wildman–Crippen MR) is 48.9 cm³/mol. The van der Waals surface area contributed by atoms with E-state index in [1.807, 2.05) is 6.08 Å². The van der Waals surface area contributed by atoms with Gasteiger partial charge in [-0.1, -0.05) is 15.0 Å². The lowest BCUT2D eigenvalue weighted by Gasteiger charge is -1.82. The molecule has 0 heterocycles. The summed E-state index contributed by atoms with van der Waals surface area (Å²) in [7, 11) is 1.74. The monoisotopic (exact) mass is 264 g/mol. The first kappa shape index (κ1) is 9.10. The van der Waals surface area contributed by atoms with Crippen LogP contribution in [0.1, 0.15) is 6.42 Å². The highest BCUT2D eigenvalue weighted by atomic mass is 127. The Morgan fingerprint density at radius 3 is 2.88 bits per heavy atom. The Hall–Kier alpha value is 1.10. The van der Waals surface area contributed by atoms with E-state index in [1.165, 1.54) is 5.41 Å². The van der Waals surface area contributed by atoms with E-state index in [2.05, 4.69) is 21.2 Å². The summed E-state index contributed by atoms with van der Waals surface area (Å²) >= 11 is 2.48. The minimum Gasteiger partial charge on any atom is -0.160 e. The highest BCUT2D eigenvalue weighted by Gasteiger charge is 1.77. The van der Waals surface area contributed by atoms with Gasteiger partial charge >= 0.3 is 0 Å². The molecule has 0 nitrogen and oxygen atoms in total. The molecule has 0 aromatic heterocycles. The highest BCUT2D eigenvalue weighted by molar-refractivity contribution is 14.2. The summed E-state index contributed by atoms with van der Waals surface area (Å²) < 4.78 is 11.2. The van der Waals surface area contributed by atoms with Gasteiger partial charge in [-0.15, -0.1) is 0 Å². The van der Waals surface area contributed by atoms with Crippen molar-refractivity contribution in [1.29, 1.82) is 0 Å². The average Bonchev–Trinajstić information content (AvgIpc) is 1.81. The first-order chi connectivity index (χ1) is 3.91. The van der Waals surface area contributed by atoms with E-state index < -0.39 is 0 Å². The normalized spacial score (nSPS) is 10.8. The predicted octanol–water partition coefficient (Wildman–Crippen LogP) is 3.59. The third-order valence-corrected chi connectivity index (χ3v) is 2.52. The van der Waals surface area contributed by atoms with Crippen LogP contribution in [0.15, 0.2) is 11.5 Å². The standard InChI is InChI=1S/C4H6FIS2/c5-7-3-1-2-4-8-6/h1,3H,2,4H2/b3-1-. The van der Waals surface area contributed by atoms with Crippen LogP contribution >= 0.6 is 42.3 Å². The summed E-state index contributed by atoms with van der Waals surface area (Å²) in [4.78, 5) is 0. The zero-order valence-corrected chi connectivity index (χ0v) is 7.93. The molecule has 0 amide bonds. The van der Waals surface area contributed by atoms with Gasteiger partial charge in [0.1, 0.15) is 0 Å². The van der Waals surface area contributed by atoms with Gasteiger partial charge in [-0.25, -0.2) is 0 Å². The molecule has 0 radical (unpaired) electrons. The third kappa shape index (κ3) is 7.10. The van der Waals surface area contributed by atoms with Gasteiger partial charge in [0.05, 0.1) is 12.1 Å². The number of halogens is 2. The Labute approximate surface area is 69.6 Å². The van der Waals surface area contributed by atoms with Crippen LogP contribution in [0.4, 0.5) is 3.89 Å². The second-order valence-electron chi connectivity index (χ2n) is 1.06. The molecule has 0 aliphatic rings. The molecule has 0 fully saturated rings. The van der Waals surface area contributed by atoms with Crippen LogP contribution in [0.2, 0.25) is 0 Å². The molecular weight excluding hydrogens is 258 g/mol. The summed E-state index contributed by atoms with van der Waals surface area (Å²) in [5.74, 6) is 1.07. The first-order valence-corrected chi connectivity index (χ1v) is 6.38. The zero-order chi connectivity index (χ0) is 6.24. The van der Waals surface area contributed by atoms with Gasteiger partial charge in [-0.2, -0.15) is 3.89 Å². The maximum absolute atomic E-state index is 11.2. The largest absolute Gasteiger partial charge is 0.160 e. The second-order valence-corrected chi connectivity index (χ2v) is 4.01. The van der Waals surface area contributed by atoms with Gasteiger partial charge in [-0.05, 0) is 27.6 Å². The van der Waals surface area contributed by atoms with E-state index in [0.717, 1.165) is 12.2 Å². The minimum absolute atomic E-state index is 0.260. The summed E-state index contributed by atoms with van der Waals surface area (Å²) in [6.45, 7) is 0. The lowest BCUT2D eigenvalue weighted by molar-refractivity contribution is 0.947. The van der Waals surface area contributed by atoms with Crippen LogP contribution in [-0.2, 0) is 0 Å². The zero-order valence-electron chi connectivity index (χ0n) is 4.14. The smallest absolute Gasteiger partial charge is 0.0729 e. The molecule has 0 spiro atoms. The molecule has 0 unspecified atom stereocenters. The van der Waals surface area contributed by atoms with Crippen LogP contribution in [0, 0.1) is 0 Å². The van der Waals surface area contributed by atoms with E-state index in [1.54, 1.807) is 8.93 Å². The quantitative estimate of drug-likeness (QED) is 0.562. The summed E-state index contributed by atoms with van der Waals surface area (Å²) in [5, 5.41) is 1.47. The molecule has 0 aromatic rings. The van der Waals surface area contributed by atoms with Crippen molar-refractivity contribution in [3.8, 4) is 0 Å². The van der Waals surface area contributed by atoms with Crippen molar-refractivity contribution in [2.24, 2.45) is 0 Å². The average molecular weight is 264 g/mol. The fourth-order valence-corrected chi connectivity index (χ4v) is 1.41. The van der Waals surface area contributed by atoms with Crippen LogP contribution in [0.5, 0.6) is 0 Å². The number of hydrogen-bond donors (Lipinski definition) is 0. The Bertz CT molecular complexity index is 67.1. The van der Waals surface area contributed by atoms with Crippen molar-refractivity contribution >= 4 is 42.3 Å². The molecule has 0 saturated heterocycles. The molecular formula is C4H6FIS2. The topological polar surface area (TPSA) is 0 Å². The van der Waals surface area contributed by atoms with Crippen molar-refractivity contribution in [1.82, 2.24) is 0 Å². The lowest BCUT2D eigenvalue weighted by atomic mass is 10.5. The fourth-order valence-electron chi connectivity index (χ4n) is 0.217. The molecule has 0 aliphatic carbocycles. The molecule has 4 heteroatoms. The van der Waals surface area contributed by atoms with Gasteiger partial charge in [0.2, 0.25) is 0 Å². The maximum atomic E-state index is 11.2. The van der Waals surface area contributed by atoms with E-state index >= 15 is 0 Å². The molecule has 0 atom stereocenters. The van der Waals surface area contributed by atoms with Crippen LogP contribution < -0.4 is 0 Å². The van der Waals surface area contributed by atoms with Gasteiger partial charge < -0.3 is 0 Å². The molecule has 0 N–H and O–H groups in total. The van der Waals surface area contributed by atoms with Crippen molar-refractivity contribution < 1.29 is 3.89 Å². The molecule has 48 valence electrons. The molecule has 0 aromatic carbocycles. The van der Waals surface area contributed by atoms with Gasteiger partial charge in [-0.3, -0.25) is 0 Å². The molecule has 0 saturated carbocycles. The molecule has 8 heavy (non-hydrogen) atoms. The third-order valence-electron chi connectivity index (χ3n) is 0.509. The fraction of sp³-hybridized carbons (Fsp3) is 0.500. The Balaban J connectivity index is 2.80. The number of rotatable bonds is 4. The Morgan fingerprint density at radius 2 is 2.38 bits per heavy atom. The van der Waals surface area contributed by atoms with Crippen LogP contribution in [0.25, 0.3) is 0 Å². The van der Waals surface area contributed by atoms with Crippen molar-refractivity contribution in [3.63, 3.8) is 0 Å². The Kier molecular flexibility index (Phi) is 9.21. The number of allylic oxidation sites excluding steroid dienone is 1. The summed E-state index contributed by atoms with van der Waals surface area (Å²) in [6, 6.07) is 0. The van der Waals surface area contributed by atoms with E-state index in [9.17, 15) is 3.89 Å². The highest BCUT2D eigenvalue weighted by Crippen LogP contribution is 2.12. The van der Waals surface area contributed by atoms with Crippen LogP contribution in [0.3, 0.4) is 0 Å². The molecule has 0 bridgehead atoms. The van der Waals surface area contributed by atoms with E-state index in [4.69, 9.17) is 0 Å². The molecule has 0 aliphatic heterocycles. The maximum Gasteiger partial charge on any atom is 0.0729 e.